The maximum atomic E-state index is 13.6. The van der Waals surface area contributed by atoms with E-state index in [9.17, 15) is 14.0 Å². The van der Waals surface area contributed by atoms with Gasteiger partial charge in [0.1, 0.15) is 16.8 Å². The number of hydrogen-bond donors (Lipinski definition) is 1. The normalized spacial score (nSPS) is 16.8. The Morgan fingerprint density at radius 3 is 2.55 bits per heavy atom. The van der Waals surface area contributed by atoms with Crippen molar-refractivity contribution in [1.29, 1.82) is 0 Å². The molecule has 0 saturated carbocycles. The van der Waals surface area contributed by atoms with Gasteiger partial charge < -0.3 is 10.1 Å². The van der Waals surface area contributed by atoms with Crippen molar-refractivity contribution in [3.05, 3.63) is 90.2 Å². The van der Waals surface area contributed by atoms with Crippen LogP contribution >= 0.6 is 11.8 Å². The maximum Gasteiger partial charge on any atom is 0.242 e. The molecule has 0 spiro atoms. The highest BCUT2D eigenvalue weighted by molar-refractivity contribution is 8.15. The van der Waals surface area contributed by atoms with E-state index in [4.69, 9.17) is 4.74 Å². The van der Waals surface area contributed by atoms with Crippen molar-refractivity contribution < 1.29 is 18.7 Å². The Bertz CT molecular complexity index is 1170. The van der Waals surface area contributed by atoms with E-state index in [-0.39, 0.29) is 18.2 Å². The predicted molar refractivity (Wildman–Crippen MR) is 128 cm³/mol. The van der Waals surface area contributed by atoms with E-state index in [0.717, 1.165) is 5.56 Å². The lowest BCUT2D eigenvalue weighted by molar-refractivity contribution is -0.128. The molecule has 1 aliphatic rings. The third kappa shape index (κ3) is 5.78. The van der Waals surface area contributed by atoms with Crippen LogP contribution in [0.5, 0.6) is 5.75 Å². The van der Waals surface area contributed by atoms with Crippen LogP contribution in [0.3, 0.4) is 0 Å². The van der Waals surface area contributed by atoms with Crippen molar-refractivity contribution in [3.8, 4) is 5.75 Å². The molecule has 1 aliphatic heterocycles. The van der Waals surface area contributed by atoms with Gasteiger partial charge in [0.25, 0.3) is 0 Å². The minimum absolute atomic E-state index is 0.0109. The Balaban J connectivity index is 1.52. The monoisotopic (exact) mass is 463 g/mol. The van der Waals surface area contributed by atoms with E-state index in [1.807, 2.05) is 30.3 Å². The maximum absolute atomic E-state index is 13.6. The fourth-order valence-electron chi connectivity index (χ4n) is 3.35. The second kappa shape index (κ2) is 10.3. The first-order valence-electron chi connectivity index (χ1n) is 10.3. The molecule has 8 heteroatoms. The molecule has 3 aromatic carbocycles. The third-order valence-electron chi connectivity index (χ3n) is 4.98. The van der Waals surface area contributed by atoms with Crippen LogP contribution in [0.25, 0.3) is 0 Å². The average molecular weight is 464 g/mol. The molecule has 6 nitrogen and oxygen atoms in total. The van der Waals surface area contributed by atoms with Gasteiger partial charge in [-0.1, -0.05) is 48.2 Å². The number of amides is 2. The van der Waals surface area contributed by atoms with Crippen LogP contribution in [0.4, 0.5) is 15.8 Å². The summed E-state index contributed by atoms with van der Waals surface area (Å²) in [7, 11) is 1.57. The number of carbonyl (C=O) groups excluding carboxylic acids is 2. The Hall–Kier alpha value is -3.65. The summed E-state index contributed by atoms with van der Waals surface area (Å²) in [6.07, 6.45) is -0.0109. The molecule has 4 rings (SSSR count). The summed E-state index contributed by atoms with van der Waals surface area (Å²) in [5.41, 5.74) is 1.96. The summed E-state index contributed by atoms with van der Waals surface area (Å²) in [6, 6.07) is 22.4. The number of nitrogens with one attached hydrogen (secondary N) is 1. The number of methoxy groups -OCH3 is 1. The number of benzene rings is 3. The molecular formula is C25H22FN3O3S. The van der Waals surface area contributed by atoms with Crippen molar-refractivity contribution in [2.75, 3.05) is 12.4 Å². The number of ether oxygens (including phenoxy) is 1. The van der Waals surface area contributed by atoms with Crippen LogP contribution in [-0.4, -0.2) is 34.2 Å². The molecule has 0 aromatic heterocycles. The van der Waals surface area contributed by atoms with E-state index in [1.165, 1.54) is 23.9 Å². The van der Waals surface area contributed by atoms with Gasteiger partial charge in [0.15, 0.2) is 5.17 Å². The fraction of sp³-hybridized carbons (Fsp3) is 0.160. The second-order valence-corrected chi connectivity index (χ2v) is 8.54. The molecule has 1 heterocycles. The zero-order valence-corrected chi connectivity index (χ0v) is 18.7. The van der Waals surface area contributed by atoms with Gasteiger partial charge in [-0.05, 0) is 48.0 Å². The predicted octanol–water partition coefficient (Wildman–Crippen LogP) is 4.99. The number of thioether (sulfide) groups is 1. The summed E-state index contributed by atoms with van der Waals surface area (Å²) in [5, 5.41) is 2.62. The smallest absolute Gasteiger partial charge is 0.242 e. The zero-order chi connectivity index (χ0) is 23.2. The van der Waals surface area contributed by atoms with Crippen molar-refractivity contribution >= 4 is 40.1 Å². The molecule has 1 fully saturated rings. The van der Waals surface area contributed by atoms with E-state index in [1.54, 1.807) is 48.4 Å². The summed E-state index contributed by atoms with van der Waals surface area (Å²) in [4.78, 5) is 31.9. The number of amidine groups is 1. The first kappa shape index (κ1) is 22.5. The molecule has 3 aromatic rings. The number of hydrogen-bond acceptors (Lipinski definition) is 5. The number of aliphatic imine (C=N–C) groups is 1. The van der Waals surface area contributed by atoms with Crippen molar-refractivity contribution in [2.45, 2.75) is 18.2 Å². The highest BCUT2D eigenvalue weighted by atomic mass is 32.2. The van der Waals surface area contributed by atoms with Crippen molar-refractivity contribution in [2.24, 2.45) is 4.99 Å². The Morgan fingerprint density at radius 2 is 1.85 bits per heavy atom. The summed E-state index contributed by atoms with van der Waals surface area (Å²) < 4.78 is 18.8. The Labute approximate surface area is 195 Å². The van der Waals surface area contributed by atoms with Crippen molar-refractivity contribution in [3.63, 3.8) is 0 Å². The first-order valence-corrected chi connectivity index (χ1v) is 11.2. The van der Waals surface area contributed by atoms with Gasteiger partial charge in [0, 0.05) is 12.1 Å². The van der Waals surface area contributed by atoms with Gasteiger partial charge >= 0.3 is 0 Å². The van der Waals surface area contributed by atoms with Crippen LogP contribution in [0.15, 0.2) is 83.9 Å². The van der Waals surface area contributed by atoms with Gasteiger partial charge in [0.2, 0.25) is 11.8 Å². The van der Waals surface area contributed by atoms with Gasteiger partial charge in [0.05, 0.1) is 19.3 Å². The number of rotatable bonds is 7. The SMILES string of the molecule is COc1ccc(NC(=O)CC2SC(=Nc3cccc(F)c3)N(Cc3ccccc3)C2=O)cc1. The van der Waals surface area contributed by atoms with Crippen LogP contribution in [-0.2, 0) is 16.1 Å². The topological polar surface area (TPSA) is 71.0 Å². The van der Waals surface area contributed by atoms with Crippen LogP contribution in [0.1, 0.15) is 12.0 Å². The molecule has 0 bridgehead atoms. The zero-order valence-electron chi connectivity index (χ0n) is 17.9. The van der Waals surface area contributed by atoms with Crippen molar-refractivity contribution in [1.82, 2.24) is 4.90 Å². The number of nitrogens with zero attached hydrogens (tertiary/aromatic N) is 2. The van der Waals surface area contributed by atoms with Gasteiger partial charge in [-0.25, -0.2) is 9.38 Å². The quantitative estimate of drug-likeness (QED) is 0.536. The van der Waals surface area contributed by atoms with E-state index < -0.39 is 11.1 Å². The number of carbonyl (C=O) groups is 2. The second-order valence-electron chi connectivity index (χ2n) is 7.37. The molecule has 2 amide bonds. The highest BCUT2D eigenvalue weighted by Crippen LogP contribution is 2.33. The van der Waals surface area contributed by atoms with Crippen LogP contribution in [0, 0.1) is 5.82 Å². The standard InChI is InChI=1S/C25H22FN3O3S/c1-32-21-12-10-19(11-13-21)27-23(30)15-22-24(31)29(16-17-6-3-2-4-7-17)25(33-22)28-20-9-5-8-18(26)14-20/h2-14,22H,15-16H2,1H3,(H,27,30). The Kier molecular flexibility index (Phi) is 7.04. The summed E-state index contributed by atoms with van der Waals surface area (Å²) >= 11 is 1.21. The summed E-state index contributed by atoms with van der Waals surface area (Å²) in [6.45, 7) is 0.317. The Morgan fingerprint density at radius 1 is 1.09 bits per heavy atom. The molecule has 1 N–H and O–H groups in total. The molecule has 1 saturated heterocycles. The lowest BCUT2D eigenvalue weighted by Crippen LogP contribution is -2.33. The number of anilines is 1. The lowest BCUT2D eigenvalue weighted by atomic mass is 10.2. The fourth-order valence-corrected chi connectivity index (χ4v) is 4.50. The summed E-state index contributed by atoms with van der Waals surface area (Å²) in [5.74, 6) is -0.206. The van der Waals surface area contributed by atoms with Gasteiger partial charge in [-0.2, -0.15) is 0 Å². The molecule has 168 valence electrons. The largest absolute Gasteiger partial charge is 0.497 e. The van der Waals surface area contributed by atoms with Crippen LogP contribution in [0.2, 0.25) is 0 Å². The molecular weight excluding hydrogens is 441 g/mol. The van der Waals surface area contributed by atoms with Crippen LogP contribution < -0.4 is 10.1 Å². The van der Waals surface area contributed by atoms with E-state index >= 15 is 0 Å². The highest BCUT2D eigenvalue weighted by Gasteiger charge is 2.39. The third-order valence-corrected chi connectivity index (χ3v) is 6.16. The van der Waals surface area contributed by atoms with Gasteiger partial charge in [-0.3, -0.25) is 14.5 Å². The average Bonchev–Trinajstić information content (AvgIpc) is 3.09. The van der Waals surface area contributed by atoms with Gasteiger partial charge in [-0.15, -0.1) is 0 Å². The minimum Gasteiger partial charge on any atom is -0.497 e. The minimum atomic E-state index is -0.626. The molecule has 0 aliphatic carbocycles. The lowest BCUT2D eigenvalue weighted by Gasteiger charge is -2.16. The molecule has 1 atom stereocenters. The molecule has 33 heavy (non-hydrogen) atoms. The molecule has 1 unspecified atom stereocenters. The number of halogens is 1. The molecule has 0 radical (unpaired) electrons. The first-order chi connectivity index (χ1) is 16.0. The van der Waals surface area contributed by atoms with E-state index in [0.29, 0.717) is 28.8 Å². The van der Waals surface area contributed by atoms with E-state index in [2.05, 4.69) is 10.3 Å².